The van der Waals surface area contributed by atoms with Gasteiger partial charge in [0.25, 0.3) is 5.91 Å². The molecule has 32 heavy (non-hydrogen) atoms. The van der Waals surface area contributed by atoms with Crippen molar-refractivity contribution in [2.24, 2.45) is 0 Å². The Hall–Kier alpha value is -3.11. The third-order valence-corrected chi connectivity index (χ3v) is 6.03. The number of unbranched alkanes of at least 4 members (excludes halogenated alkanes) is 2. The minimum Gasteiger partial charge on any atom is -0.352 e. The van der Waals surface area contributed by atoms with Crippen molar-refractivity contribution in [2.75, 3.05) is 6.54 Å². The van der Waals surface area contributed by atoms with Crippen LogP contribution in [0.15, 0.2) is 72.8 Å². The molecule has 0 aliphatic rings. The van der Waals surface area contributed by atoms with Crippen molar-refractivity contribution < 1.29 is 4.79 Å². The fourth-order valence-electron chi connectivity index (χ4n) is 3.96. The molecule has 5 heteroatoms. The molecule has 0 aliphatic carbocycles. The highest BCUT2D eigenvalue weighted by Gasteiger charge is 2.12. The molecule has 0 atom stereocenters. The number of benzene rings is 3. The predicted molar refractivity (Wildman–Crippen MR) is 131 cm³/mol. The van der Waals surface area contributed by atoms with Gasteiger partial charge in [-0.2, -0.15) is 0 Å². The molecule has 164 valence electrons. The van der Waals surface area contributed by atoms with Gasteiger partial charge in [0.05, 0.1) is 17.6 Å². The van der Waals surface area contributed by atoms with E-state index in [1.807, 2.05) is 61.5 Å². The lowest BCUT2D eigenvalue weighted by molar-refractivity contribution is 0.0953. The Morgan fingerprint density at radius 1 is 0.969 bits per heavy atom. The summed E-state index contributed by atoms with van der Waals surface area (Å²) in [7, 11) is 0. The summed E-state index contributed by atoms with van der Waals surface area (Å²) in [5, 5.41) is 3.80. The summed E-state index contributed by atoms with van der Waals surface area (Å²) in [6.45, 7) is 3.39. The van der Waals surface area contributed by atoms with Crippen molar-refractivity contribution >= 4 is 28.5 Å². The van der Waals surface area contributed by atoms with Gasteiger partial charge >= 0.3 is 0 Å². The molecule has 0 unspecified atom stereocenters. The molecular formula is C27H28ClN3O. The van der Waals surface area contributed by atoms with Crippen molar-refractivity contribution in [3.63, 3.8) is 0 Å². The summed E-state index contributed by atoms with van der Waals surface area (Å²) in [5.74, 6) is 1.07. The highest BCUT2D eigenvalue weighted by Crippen LogP contribution is 2.22. The third kappa shape index (κ3) is 5.38. The SMILES string of the molecule is Cc1cccc(C(=O)NCCCCCc2nc3ccccc3n2Cc2ccccc2Cl)c1. The number of hydrogen-bond donors (Lipinski definition) is 1. The van der Waals surface area contributed by atoms with Gasteiger partial charge in [-0.25, -0.2) is 4.98 Å². The number of amides is 1. The van der Waals surface area contributed by atoms with E-state index in [0.29, 0.717) is 13.1 Å². The monoisotopic (exact) mass is 445 g/mol. The Bertz CT molecular complexity index is 1210. The number of halogens is 1. The van der Waals surface area contributed by atoms with Crippen LogP contribution in [0, 0.1) is 6.92 Å². The van der Waals surface area contributed by atoms with Gasteiger partial charge in [-0.05, 0) is 55.7 Å². The molecule has 1 aromatic heterocycles. The second kappa shape index (κ2) is 10.5. The zero-order chi connectivity index (χ0) is 22.3. The maximum atomic E-state index is 12.3. The second-order valence-electron chi connectivity index (χ2n) is 8.13. The Labute approximate surface area is 194 Å². The summed E-state index contributed by atoms with van der Waals surface area (Å²) < 4.78 is 2.27. The highest BCUT2D eigenvalue weighted by molar-refractivity contribution is 6.31. The van der Waals surface area contributed by atoms with Crippen molar-refractivity contribution in [2.45, 2.75) is 39.2 Å². The first kappa shape index (κ1) is 22.1. The first-order chi connectivity index (χ1) is 15.6. The molecule has 4 nitrogen and oxygen atoms in total. The van der Waals surface area contributed by atoms with E-state index in [9.17, 15) is 4.79 Å². The van der Waals surface area contributed by atoms with Gasteiger partial charge < -0.3 is 9.88 Å². The lowest BCUT2D eigenvalue weighted by Crippen LogP contribution is -2.24. The Kier molecular flexibility index (Phi) is 7.23. The number of hydrogen-bond acceptors (Lipinski definition) is 2. The smallest absolute Gasteiger partial charge is 0.251 e. The minimum absolute atomic E-state index is 0.00441. The molecule has 0 radical (unpaired) electrons. The zero-order valence-corrected chi connectivity index (χ0v) is 19.1. The highest BCUT2D eigenvalue weighted by atomic mass is 35.5. The van der Waals surface area contributed by atoms with E-state index in [1.54, 1.807) is 0 Å². The van der Waals surface area contributed by atoms with Crippen LogP contribution in [0.4, 0.5) is 0 Å². The van der Waals surface area contributed by atoms with E-state index in [1.165, 1.54) is 0 Å². The Balaban J connectivity index is 1.33. The fourth-order valence-corrected chi connectivity index (χ4v) is 4.16. The number of aryl methyl sites for hydroxylation is 2. The summed E-state index contributed by atoms with van der Waals surface area (Å²) in [6.07, 6.45) is 3.89. The van der Waals surface area contributed by atoms with E-state index in [4.69, 9.17) is 16.6 Å². The standard InChI is InChI=1S/C27H28ClN3O/c1-20-10-9-12-21(18-20)27(32)29-17-8-2-3-16-26-30-24-14-6-7-15-25(24)31(26)19-22-11-4-5-13-23(22)28/h4-7,9-15,18H,2-3,8,16-17,19H2,1H3,(H,29,32). The van der Waals surface area contributed by atoms with E-state index >= 15 is 0 Å². The fraction of sp³-hybridized carbons (Fsp3) is 0.259. The van der Waals surface area contributed by atoms with E-state index in [0.717, 1.165) is 64.3 Å². The van der Waals surface area contributed by atoms with Crippen LogP contribution in [0.25, 0.3) is 11.0 Å². The number of rotatable bonds is 9. The van der Waals surface area contributed by atoms with Crippen molar-refractivity contribution in [3.8, 4) is 0 Å². The average Bonchev–Trinajstić information content (AvgIpc) is 3.14. The van der Waals surface area contributed by atoms with Crippen LogP contribution in [0.1, 0.15) is 46.6 Å². The number of nitrogens with zero attached hydrogens (tertiary/aromatic N) is 2. The number of carbonyl (C=O) groups is 1. The van der Waals surface area contributed by atoms with Gasteiger partial charge in [0.1, 0.15) is 5.82 Å². The van der Waals surface area contributed by atoms with Gasteiger partial charge in [0, 0.05) is 23.6 Å². The number of imidazole rings is 1. The molecule has 1 amide bonds. The molecule has 3 aromatic carbocycles. The van der Waals surface area contributed by atoms with Gasteiger partial charge in [-0.3, -0.25) is 4.79 Å². The van der Waals surface area contributed by atoms with E-state index < -0.39 is 0 Å². The quantitative estimate of drug-likeness (QED) is 0.312. The third-order valence-electron chi connectivity index (χ3n) is 5.66. The molecule has 4 rings (SSSR count). The molecule has 0 bridgehead atoms. The van der Waals surface area contributed by atoms with Crippen LogP contribution in [-0.2, 0) is 13.0 Å². The predicted octanol–water partition coefficient (Wildman–Crippen LogP) is 6.19. The first-order valence-electron chi connectivity index (χ1n) is 11.1. The first-order valence-corrected chi connectivity index (χ1v) is 11.5. The molecule has 4 aromatic rings. The molecule has 0 spiro atoms. The van der Waals surface area contributed by atoms with Crippen molar-refractivity contribution in [1.29, 1.82) is 0 Å². The number of carbonyl (C=O) groups excluding carboxylic acids is 1. The minimum atomic E-state index is -0.00441. The summed E-state index contributed by atoms with van der Waals surface area (Å²) >= 11 is 6.42. The van der Waals surface area contributed by atoms with Gasteiger partial charge in [-0.15, -0.1) is 0 Å². The van der Waals surface area contributed by atoms with Crippen LogP contribution in [0.3, 0.4) is 0 Å². The van der Waals surface area contributed by atoms with E-state index in [-0.39, 0.29) is 5.91 Å². The Morgan fingerprint density at radius 3 is 2.62 bits per heavy atom. The summed E-state index contributed by atoms with van der Waals surface area (Å²) in [6, 6.07) is 23.9. The van der Waals surface area contributed by atoms with Gasteiger partial charge in [0.15, 0.2) is 0 Å². The summed E-state index contributed by atoms with van der Waals surface area (Å²) in [5.41, 5.74) is 5.06. The molecule has 0 saturated carbocycles. The number of fused-ring (bicyclic) bond motifs is 1. The molecule has 1 heterocycles. The van der Waals surface area contributed by atoms with Crippen LogP contribution in [0.2, 0.25) is 5.02 Å². The lowest BCUT2D eigenvalue weighted by atomic mass is 10.1. The largest absolute Gasteiger partial charge is 0.352 e. The van der Waals surface area contributed by atoms with Crippen LogP contribution in [0.5, 0.6) is 0 Å². The molecular weight excluding hydrogens is 418 g/mol. The maximum absolute atomic E-state index is 12.3. The lowest BCUT2D eigenvalue weighted by Gasteiger charge is -2.11. The van der Waals surface area contributed by atoms with Crippen LogP contribution >= 0.6 is 11.6 Å². The Morgan fingerprint density at radius 2 is 1.78 bits per heavy atom. The average molecular weight is 446 g/mol. The number of aromatic nitrogens is 2. The second-order valence-corrected chi connectivity index (χ2v) is 8.54. The topological polar surface area (TPSA) is 46.9 Å². The van der Waals surface area contributed by atoms with Gasteiger partial charge in [-0.1, -0.05) is 66.0 Å². The molecule has 0 fully saturated rings. The normalized spacial score (nSPS) is 11.1. The summed E-state index contributed by atoms with van der Waals surface area (Å²) in [4.78, 5) is 17.1. The van der Waals surface area contributed by atoms with E-state index in [2.05, 4.69) is 28.1 Å². The van der Waals surface area contributed by atoms with Crippen LogP contribution in [-0.4, -0.2) is 22.0 Å². The zero-order valence-electron chi connectivity index (χ0n) is 18.4. The number of nitrogens with one attached hydrogen (secondary N) is 1. The van der Waals surface area contributed by atoms with Crippen molar-refractivity contribution in [1.82, 2.24) is 14.9 Å². The van der Waals surface area contributed by atoms with Crippen LogP contribution < -0.4 is 5.32 Å². The molecule has 0 saturated heterocycles. The molecule has 1 N–H and O–H groups in total. The van der Waals surface area contributed by atoms with Gasteiger partial charge in [0.2, 0.25) is 0 Å². The van der Waals surface area contributed by atoms with Crippen molar-refractivity contribution in [3.05, 3.63) is 100 Å². The molecule has 0 aliphatic heterocycles. The maximum Gasteiger partial charge on any atom is 0.251 e. The number of para-hydroxylation sites is 2.